The number of unbranched alkanes of at least 4 members (excludes halogenated alkanes) is 3. The van der Waals surface area contributed by atoms with Crippen molar-refractivity contribution in [1.82, 2.24) is 0 Å². The van der Waals surface area contributed by atoms with Gasteiger partial charge in [-0.15, -0.1) is 0 Å². The summed E-state index contributed by atoms with van der Waals surface area (Å²) in [4.78, 5) is 0. The molecule has 0 aliphatic carbocycles. The van der Waals surface area contributed by atoms with Crippen LogP contribution in [0.2, 0.25) is 0 Å². The molecule has 0 saturated heterocycles. The first kappa shape index (κ1) is 12.5. The number of rotatable bonds is 7. The number of ether oxygens (including phenoxy) is 1. The second-order valence-electron chi connectivity index (χ2n) is 3.44. The number of aliphatic hydroxyl groups excluding tert-OH is 1. The molecule has 0 heterocycles. The van der Waals surface area contributed by atoms with Crippen molar-refractivity contribution in [3.63, 3.8) is 0 Å². The monoisotopic (exact) mass is 272 g/mol. The van der Waals surface area contributed by atoms with Crippen molar-refractivity contribution in [3.05, 3.63) is 28.7 Å². The van der Waals surface area contributed by atoms with Crippen LogP contribution < -0.4 is 4.74 Å². The Bertz CT molecular complexity index is 276. The van der Waals surface area contributed by atoms with E-state index in [9.17, 15) is 0 Å². The molecule has 84 valence electrons. The van der Waals surface area contributed by atoms with E-state index in [2.05, 4.69) is 15.9 Å². The van der Waals surface area contributed by atoms with Gasteiger partial charge in [-0.2, -0.15) is 0 Å². The molecule has 1 aromatic carbocycles. The van der Waals surface area contributed by atoms with E-state index in [4.69, 9.17) is 9.84 Å². The smallest absolute Gasteiger partial charge is 0.120 e. The molecule has 0 aromatic heterocycles. The standard InChI is InChI=1S/C12H17BrO2/c13-11-6-5-7-12(10-11)15-9-4-2-1-3-8-14/h5-7,10,14H,1-4,8-9H2. The summed E-state index contributed by atoms with van der Waals surface area (Å²) in [6.07, 6.45) is 4.15. The fourth-order valence-corrected chi connectivity index (χ4v) is 1.69. The highest BCUT2D eigenvalue weighted by molar-refractivity contribution is 9.10. The fourth-order valence-electron chi connectivity index (χ4n) is 1.31. The molecule has 3 heteroatoms. The Hall–Kier alpha value is -0.540. The third kappa shape index (κ3) is 5.80. The Labute approximate surface area is 99.4 Å². The molecule has 0 amide bonds. The largest absolute Gasteiger partial charge is 0.494 e. The van der Waals surface area contributed by atoms with Crippen molar-refractivity contribution >= 4 is 15.9 Å². The molecule has 0 aliphatic rings. The lowest BCUT2D eigenvalue weighted by atomic mass is 10.2. The second kappa shape index (κ2) is 7.71. The van der Waals surface area contributed by atoms with E-state index < -0.39 is 0 Å². The van der Waals surface area contributed by atoms with Gasteiger partial charge in [0.1, 0.15) is 5.75 Å². The van der Waals surface area contributed by atoms with Crippen LogP contribution >= 0.6 is 15.9 Å². The zero-order chi connectivity index (χ0) is 10.9. The molecule has 1 aromatic rings. The zero-order valence-electron chi connectivity index (χ0n) is 8.79. The molecule has 0 bridgehead atoms. The summed E-state index contributed by atoms with van der Waals surface area (Å²) in [5.41, 5.74) is 0. The van der Waals surface area contributed by atoms with Gasteiger partial charge in [0.2, 0.25) is 0 Å². The second-order valence-corrected chi connectivity index (χ2v) is 4.36. The normalized spacial score (nSPS) is 10.3. The lowest BCUT2D eigenvalue weighted by molar-refractivity contribution is 0.273. The van der Waals surface area contributed by atoms with Crippen LogP contribution in [0.15, 0.2) is 28.7 Å². The maximum Gasteiger partial charge on any atom is 0.120 e. The van der Waals surface area contributed by atoms with Gasteiger partial charge in [0.25, 0.3) is 0 Å². The summed E-state index contributed by atoms with van der Waals surface area (Å²) in [5.74, 6) is 0.909. The van der Waals surface area contributed by atoms with Gasteiger partial charge in [0.15, 0.2) is 0 Å². The van der Waals surface area contributed by atoms with E-state index in [1.807, 2.05) is 24.3 Å². The first-order valence-electron chi connectivity index (χ1n) is 5.32. The van der Waals surface area contributed by atoms with Gasteiger partial charge in [-0.25, -0.2) is 0 Å². The van der Waals surface area contributed by atoms with Crippen molar-refractivity contribution in [2.75, 3.05) is 13.2 Å². The number of hydrogen-bond donors (Lipinski definition) is 1. The molecular weight excluding hydrogens is 256 g/mol. The third-order valence-corrected chi connectivity index (χ3v) is 2.61. The van der Waals surface area contributed by atoms with E-state index in [0.717, 1.165) is 42.5 Å². The molecule has 1 rings (SSSR count). The van der Waals surface area contributed by atoms with Gasteiger partial charge in [-0.1, -0.05) is 28.4 Å². The van der Waals surface area contributed by atoms with Crippen LogP contribution in [0.1, 0.15) is 25.7 Å². The molecule has 0 unspecified atom stereocenters. The minimum Gasteiger partial charge on any atom is -0.494 e. The Balaban J connectivity index is 2.10. The molecule has 2 nitrogen and oxygen atoms in total. The minimum atomic E-state index is 0.298. The summed E-state index contributed by atoms with van der Waals surface area (Å²) in [7, 11) is 0. The molecule has 0 fully saturated rings. The van der Waals surface area contributed by atoms with E-state index in [-0.39, 0.29) is 0 Å². The van der Waals surface area contributed by atoms with Gasteiger partial charge in [-0.05, 0) is 37.5 Å². The van der Waals surface area contributed by atoms with Crippen LogP contribution in [0.5, 0.6) is 5.75 Å². The molecular formula is C12H17BrO2. The van der Waals surface area contributed by atoms with Gasteiger partial charge in [0.05, 0.1) is 6.61 Å². The molecule has 15 heavy (non-hydrogen) atoms. The lowest BCUT2D eigenvalue weighted by Gasteiger charge is -2.05. The van der Waals surface area contributed by atoms with Crippen molar-refractivity contribution in [3.8, 4) is 5.75 Å². The van der Waals surface area contributed by atoms with Crippen LogP contribution in [-0.2, 0) is 0 Å². The van der Waals surface area contributed by atoms with Crippen LogP contribution in [0, 0.1) is 0 Å². The highest BCUT2D eigenvalue weighted by atomic mass is 79.9. The summed E-state index contributed by atoms with van der Waals surface area (Å²) >= 11 is 3.40. The summed E-state index contributed by atoms with van der Waals surface area (Å²) < 4.78 is 6.62. The SMILES string of the molecule is OCCCCCCOc1cccc(Br)c1. The number of benzene rings is 1. The lowest BCUT2D eigenvalue weighted by Crippen LogP contribution is -1.97. The quantitative estimate of drug-likeness (QED) is 0.772. The molecule has 0 spiro atoms. The van der Waals surface area contributed by atoms with E-state index in [1.165, 1.54) is 0 Å². The molecule has 0 saturated carbocycles. The molecule has 1 N–H and O–H groups in total. The van der Waals surface area contributed by atoms with E-state index >= 15 is 0 Å². The van der Waals surface area contributed by atoms with Gasteiger partial charge in [0, 0.05) is 11.1 Å². The summed E-state index contributed by atoms with van der Waals surface area (Å²) in [6, 6.07) is 7.87. The van der Waals surface area contributed by atoms with Gasteiger partial charge >= 0.3 is 0 Å². The fraction of sp³-hybridized carbons (Fsp3) is 0.500. The molecule has 0 atom stereocenters. The van der Waals surface area contributed by atoms with Gasteiger partial charge < -0.3 is 9.84 Å². The number of hydrogen-bond acceptors (Lipinski definition) is 2. The minimum absolute atomic E-state index is 0.298. The molecule has 0 radical (unpaired) electrons. The van der Waals surface area contributed by atoms with Crippen LogP contribution in [-0.4, -0.2) is 18.3 Å². The van der Waals surface area contributed by atoms with Gasteiger partial charge in [-0.3, -0.25) is 0 Å². The Morgan fingerprint density at radius 2 is 1.93 bits per heavy atom. The predicted octanol–water partition coefficient (Wildman–Crippen LogP) is 3.38. The molecule has 0 aliphatic heterocycles. The maximum atomic E-state index is 8.59. The first-order valence-corrected chi connectivity index (χ1v) is 6.11. The Kier molecular flexibility index (Phi) is 6.44. The third-order valence-electron chi connectivity index (χ3n) is 2.12. The number of aliphatic hydroxyl groups is 1. The summed E-state index contributed by atoms with van der Waals surface area (Å²) in [6.45, 7) is 1.05. The van der Waals surface area contributed by atoms with E-state index in [0.29, 0.717) is 6.61 Å². The average Bonchev–Trinajstić information content (AvgIpc) is 2.23. The highest BCUT2D eigenvalue weighted by Gasteiger charge is 1.94. The average molecular weight is 273 g/mol. The topological polar surface area (TPSA) is 29.5 Å². The van der Waals surface area contributed by atoms with E-state index in [1.54, 1.807) is 0 Å². The summed E-state index contributed by atoms with van der Waals surface area (Å²) in [5, 5.41) is 8.59. The van der Waals surface area contributed by atoms with Crippen LogP contribution in [0.4, 0.5) is 0 Å². The van der Waals surface area contributed by atoms with Crippen molar-refractivity contribution in [2.24, 2.45) is 0 Å². The zero-order valence-corrected chi connectivity index (χ0v) is 10.4. The van der Waals surface area contributed by atoms with Crippen LogP contribution in [0.3, 0.4) is 0 Å². The maximum absolute atomic E-state index is 8.59. The predicted molar refractivity (Wildman–Crippen MR) is 65.2 cm³/mol. The Morgan fingerprint density at radius 3 is 2.67 bits per heavy atom. The van der Waals surface area contributed by atoms with Crippen molar-refractivity contribution in [1.29, 1.82) is 0 Å². The number of halogens is 1. The van der Waals surface area contributed by atoms with Crippen molar-refractivity contribution < 1.29 is 9.84 Å². The highest BCUT2D eigenvalue weighted by Crippen LogP contribution is 2.17. The first-order chi connectivity index (χ1) is 7.33. The Morgan fingerprint density at radius 1 is 1.13 bits per heavy atom. The van der Waals surface area contributed by atoms with Crippen molar-refractivity contribution in [2.45, 2.75) is 25.7 Å². The van der Waals surface area contributed by atoms with Crippen LogP contribution in [0.25, 0.3) is 0 Å².